The normalized spacial score (nSPS) is 19.8. The number of nitrogens with zero attached hydrogens (tertiary/aromatic N) is 2. The smallest absolute Gasteiger partial charge is 0.199 e. The molecule has 0 saturated carbocycles. The van der Waals surface area contributed by atoms with Crippen molar-refractivity contribution in [3.05, 3.63) is 40.2 Å². The molecule has 2 aromatic rings. The number of furan rings is 1. The first-order chi connectivity index (χ1) is 10.2. The Morgan fingerprint density at radius 1 is 1.57 bits per heavy atom. The van der Waals surface area contributed by atoms with Gasteiger partial charge in [0.05, 0.1) is 30.2 Å². The van der Waals surface area contributed by atoms with Crippen LogP contribution in [0.2, 0.25) is 0 Å². The van der Waals surface area contributed by atoms with Gasteiger partial charge in [0.2, 0.25) is 0 Å². The molecule has 0 unspecified atom stereocenters. The van der Waals surface area contributed by atoms with E-state index in [0.29, 0.717) is 25.4 Å². The Labute approximate surface area is 127 Å². The van der Waals surface area contributed by atoms with Crippen LogP contribution in [0, 0.1) is 6.92 Å². The molecule has 0 radical (unpaired) electrons. The second kappa shape index (κ2) is 6.51. The number of thiazole rings is 1. The summed E-state index contributed by atoms with van der Waals surface area (Å²) in [6.45, 7) is 4.88. The lowest BCUT2D eigenvalue weighted by Crippen LogP contribution is -2.45. The van der Waals surface area contributed by atoms with Crippen LogP contribution in [0.25, 0.3) is 0 Å². The molecule has 2 aromatic heterocycles. The summed E-state index contributed by atoms with van der Waals surface area (Å²) in [5, 5.41) is 3.15. The monoisotopic (exact) mass is 306 g/mol. The highest BCUT2D eigenvalue weighted by molar-refractivity contribution is 7.09. The first-order valence-corrected chi connectivity index (χ1v) is 7.90. The van der Waals surface area contributed by atoms with Crippen molar-refractivity contribution in [3.63, 3.8) is 0 Å². The Kier molecular flexibility index (Phi) is 4.48. The third-order valence-electron chi connectivity index (χ3n) is 3.60. The van der Waals surface area contributed by atoms with Gasteiger partial charge in [-0.1, -0.05) is 0 Å². The van der Waals surface area contributed by atoms with E-state index in [1.165, 1.54) is 6.26 Å². The van der Waals surface area contributed by atoms with Gasteiger partial charge in [0.1, 0.15) is 0 Å². The quantitative estimate of drug-likeness (QED) is 0.795. The van der Waals surface area contributed by atoms with E-state index < -0.39 is 0 Å². The van der Waals surface area contributed by atoms with Gasteiger partial charge in [-0.15, -0.1) is 11.3 Å². The van der Waals surface area contributed by atoms with Gasteiger partial charge in [0.15, 0.2) is 11.5 Å². The molecule has 1 fully saturated rings. The van der Waals surface area contributed by atoms with E-state index in [4.69, 9.17) is 9.15 Å². The lowest BCUT2D eigenvalue weighted by molar-refractivity contribution is -0.0132. The predicted molar refractivity (Wildman–Crippen MR) is 79.5 cm³/mol. The summed E-state index contributed by atoms with van der Waals surface area (Å²) in [4.78, 5) is 19.0. The van der Waals surface area contributed by atoms with Gasteiger partial charge in [0, 0.05) is 30.9 Å². The van der Waals surface area contributed by atoms with E-state index in [-0.39, 0.29) is 11.8 Å². The van der Waals surface area contributed by atoms with Gasteiger partial charge in [-0.2, -0.15) is 0 Å². The zero-order valence-electron chi connectivity index (χ0n) is 11.9. The van der Waals surface area contributed by atoms with Crippen LogP contribution in [-0.2, 0) is 11.3 Å². The van der Waals surface area contributed by atoms with Crippen molar-refractivity contribution in [2.24, 2.45) is 0 Å². The molecule has 1 aliphatic rings. The maximum atomic E-state index is 12.2. The van der Waals surface area contributed by atoms with Crippen molar-refractivity contribution >= 4 is 17.1 Å². The highest BCUT2D eigenvalue weighted by atomic mass is 32.1. The lowest BCUT2D eigenvalue weighted by atomic mass is 10.1. The van der Waals surface area contributed by atoms with Crippen molar-refractivity contribution in [1.82, 2.24) is 9.88 Å². The molecule has 0 spiro atoms. The number of ether oxygens (including phenoxy) is 1. The first kappa shape index (κ1) is 14.4. The molecule has 1 aliphatic heterocycles. The van der Waals surface area contributed by atoms with Crippen molar-refractivity contribution in [2.75, 3.05) is 19.8 Å². The van der Waals surface area contributed by atoms with Crippen molar-refractivity contribution in [2.45, 2.75) is 25.9 Å². The van der Waals surface area contributed by atoms with Gasteiger partial charge in [-0.3, -0.25) is 9.69 Å². The topological polar surface area (TPSA) is 55.6 Å². The minimum Gasteiger partial charge on any atom is -0.461 e. The van der Waals surface area contributed by atoms with Crippen molar-refractivity contribution < 1.29 is 13.9 Å². The van der Waals surface area contributed by atoms with Gasteiger partial charge < -0.3 is 9.15 Å². The molecule has 1 saturated heterocycles. The highest BCUT2D eigenvalue weighted by Gasteiger charge is 2.27. The molecule has 112 valence electrons. The lowest BCUT2D eigenvalue weighted by Gasteiger charge is -2.34. The van der Waals surface area contributed by atoms with E-state index in [1.54, 1.807) is 23.5 Å². The van der Waals surface area contributed by atoms with E-state index in [9.17, 15) is 4.79 Å². The van der Waals surface area contributed by atoms with Crippen LogP contribution in [0.3, 0.4) is 0 Å². The Bertz CT molecular complexity index is 594. The summed E-state index contributed by atoms with van der Waals surface area (Å²) in [5.41, 5.74) is 1.06. The number of morpholine rings is 1. The van der Waals surface area contributed by atoms with E-state index in [2.05, 4.69) is 15.3 Å². The summed E-state index contributed by atoms with van der Waals surface area (Å²) in [6, 6.07) is 3.53. The fourth-order valence-corrected chi connectivity index (χ4v) is 3.13. The second-order valence-electron chi connectivity index (χ2n) is 5.16. The fourth-order valence-electron chi connectivity index (χ4n) is 2.53. The summed E-state index contributed by atoms with van der Waals surface area (Å²) in [7, 11) is 0. The van der Waals surface area contributed by atoms with Crippen molar-refractivity contribution in [1.29, 1.82) is 0 Å². The molecule has 6 heteroatoms. The molecule has 0 N–H and O–H groups in total. The van der Waals surface area contributed by atoms with Crippen LogP contribution in [0.4, 0.5) is 0 Å². The molecule has 3 heterocycles. The summed E-state index contributed by atoms with van der Waals surface area (Å²) >= 11 is 1.66. The number of rotatable bonds is 5. The molecule has 21 heavy (non-hydrogen) atoms. The van der Waals surface area contributed by atoms with E-state index in [0.717, 1.165) is 23.8 Å². The number of aryl methyl sites for hydroxylation is 1. The number of ketones is 1. The standard InChI is InChI=1S/C15H18N2O3S/c1-11-16-12(10-21-11)8-17-4-6-19-9-13(17)7-14(18)15-3-2-5-20-15/h2-3,5,10,13H,4,6-9H2,1H3/t13-/m0/s1. The number of hydrogen-bond acceptors (Lipinski definition) is 6. The van der Waals surface area contributed by atoms with Crippen LogP contribution in [-0.4, -0.2) is 41.5 Å². The molecule has 3 rings (SSSR count). The minimum absolute atomic E-state index is 0.0231. The van der Waals surface area contributed by atoms with Crippen LogP contribution in [0.15, 0.2) is 28.2 Å². The summed E-state index contributed by atoms with van der Waals surface area (Å²) in [6.07, 6.45) is 1.94. The maximum Gasteiger partial charge on any atom is 0.199 e. The van der Waals surface area contributed by atoms with Gasteiger partial charge in [-0.25, -0.2) is 4.98 Å². The van der Waals surface area contributed by atoms with Crippen molar-refractivity contribution in [3.8, 4) is 0 Å². The third kappa shape index (κ3) is 3.58. The van der Waals surface area contributed by atoms with Gasteiger partial charge in [0.25, 0.3) is 0 Å². The zero-order valence-corrected chi connectivity index (χ0v) is 12.8. The number of hydrogen-bond donors (Lipinski definition) is 0. The Hall–Kier alpha value is -1.50. The van der Waals surface area contributed by atoms with Crippen LogP contribution in [0.5, 0.6) is 0 Å². The molecule has 1 atom stereocenters. The van der Waals surface area contributed by atoms with E-state index in [1.807, 2.05) is 6.92 Å². The Morgan fingerprint density at radius 2 is 2.48 bits per heavy atom. The van der Waals surface area contributed by atoms with E-state index >= 15 is 0 Å². The van der Waals surface area contributed by atoms with Crippen LogP contribution < -0.4 is 0 Å². The average Bonchev–Trinajstić information content (AvgIpc) is 3.13. The Balaban J connectivity index is 1.65. The molecular weight excluding hydrogens is 288 g/mol. The minimum atomic E-state index is 0.0231. The number of aromatic nitrogens is 1. The third-order valence-corrected chi connectivity index (χ3v) is 4.42. The highest BCUT2D eigenvalue weighted by Crippen LogP contribution is 2.18. The maximum absolute atomic E-state index is 12.2. The molecule has 0 bridgehead atoms. The number of Topliss-reactive ketones (excluding diaryl/α,β-unsaturated/α-hetero) is 1. The molecule has 0 aliphatic carbocycles. The van der Waals surface area contributed by atoms with Gasteiger partial charge >= 0.3 is 0 Å². The predicted octanol–water partition coefficient (Wildman–Crippen LogP) is 2.52. The number of carbonyl (C=O) groups excluding carboxylic acids is 1. The fraction of sp³-hybridized carbons (Fsp3) is 0.467. The van der Waals surface area contributed by atoms with Crippen LogP contribution in [0.1, 0.15) is 27.7 Å². The average molecular weight is 306 g/mol. The molecule has 0 aromatic carbocycles. The zero-order chi connectivity index (χ0) is 14.7. The molecule has 0 amide bonds. The molecule has 5 nitrogen and oxygen atoms in total. The largest absolute Gasteiger partial charge is 0.461 e. The Morgan fingerprint density at radius 3 is 3.19 bits per heavy atom. The SMILES string of the molecule is Cc1nc(CN2CCOC[C@@H]2CC(=O)c2ccco2)cs1. The van der Waals surface area contributed by atoms with Crippen LogP contribution >= 0.6 is 11.3 Å². The molecular formula is C15H18N2O3S. The summed E-state index contributed by atoms with van der Waals surface area (Å²) in [5.74, 6) is 0.444. The van der Waals surface area contributed by atoms with Gasteiger partial charge in [-0.05, 0) is 19.1 Å². The number of carbonyl (C=O) groups is 1. The summed E-state index contributed by atoms with van der Waals surface area (Å²) < 4.78 is 10.7. The first-order valence-electron chi connectivity index (χ1n) is 7.02. The second-order valence-corrected chi connectivity index (χ2v) is 6.22.